The first-order chi connectivity index (χ1) is 19.1. The quantitative estimate of drug-likeness (QED) is 0.454. The third-order valence-corrected chi connectivity index (χ3v) is 8.90. The number of likely N-dealkylation sites (N-methyl/N-ethyl adjacent to an activating group) is 2. The fourth-order valence-corrected chi connectivity index (χ4v) is 6.08. The van der Waals surface area contributed by atoms with Gasteiger partial charge in [0.25, 0.3) is 15.9 Å². The molecular weight excluding hydrogens is 526 g/mol. The molecule has 0 unspecified atom stereocenters. The summed E-state index contributed by atoms with van der Waals surface area (Å²) in [6.07, 6.45) is -0.153. The highest BCUT2D eigenvalue weighted by Gasteiger charge is 2.28. The van der Waals surface area contributed by atoms with E-state index in [2.05, 4.69) is 30.4 Å². The lowest BCUT2D eigenvalue weighted by Crippen LogP contribution is -2.46. The number of anilines is 1. The summed E-state index contributed by atoms with van der Waals surface area (Å²) in [6.45, 7) is 8.81. The lowest BCUT2D eigenvalue weighted by molar-refractivity contribution is 0.0116. The number of methoxy groups -OCH3 is 1. The predicted molar refractivity (Wildman–Crippen MR) is 158 cm³/mol. The molecule has 0 fully saturated rings. The molecule has 3 atom stereocenters. The van der Waals surface area contributed by atoms with Gasteiger partial charge in [-0.25, -0.2) is 8.42 Å². The van der Waals surface area contributed by atoms with E-state index >= 15 is 0 Å². The zero-order valence-corrected chi connectivity index (χ0v) is 24.6. The fourth-order valence-electron chi connectivity index (χ4n) is 5.03. The Balaban J connectivity index is 1.61. The normalized spacial score (nSPS) is 21.1. The number of carbonyl (C=O) groups excluding carboxylic acids is 1. The Morgan fingerprint density at radius 1 is 0.975 bits per heavy atom. The second-order valence-corrected chi connectivity index (χ2v) is 12.1. The van der Waals surface area contributed by atoms with Crippen molar-refractivity contribution >= 4 is 21.6 Å². The summed E-state index contributed by atoms with van der Waals surface area (Å²) >= 11 is 0. The van der Waals surface area contributed by atoms with E-state index in [-0.39, 0.29) is 34.6 Å². The van der Waals surface area contributed by atoms with Crippen LogP contribution in [0.4, 0.5) is 5.69 Å². The smallest absolute Gasteiger partial charge is 0.261 e. The minimum absolute atomic E-state index is 0.113. The highest BCUT2D eigenvalue weighted by molar-refractivity contribution is 7.92. The Morgan fingerprint density at radius 2 is 1.65 bits per heavy atom. The molecule has 1 aliphatic rings. The maximum Gasteiger partial charge on any atom is 0.261 e. The van der Waals surface area contributed by atoms with E-state index in [4.69, 9.17) is 9.47 Å². The summed E-state index contributed by atoms with van der Waals surface area (Å²) in [7, 11) is -0.499. The minimum Gasteiger partial charge on any atom is -0.491 e. The average molecular weight is 566 g/mol. The molecule has 0 radical (unpaired) electrons. The zero-order chi connectivity index (χ0) is 28.9. The molecule has 0 saturated heterocycles. The molecule has 0 aromatic heterocycles. The number of fused-ring (bicyclic) bond motifs is 1. The van der Waals surface area contributed by atoms with Gasteiger partial charge in [-0.1, -0.05) is 56.3 Å². The van der Waals surface area contributed by atoms with Crippen molar-refractivity contribution in [1.29, 1.82) is 0 Å². The summed E-state index contributed by atoms with van der Waals surface area (Å²) < 4.78 is 41.0. The first-order valence-corrected chi connectivity index (χ1v) is 15.1. The largest absolute Gasteiger partial charge is 0.491 e. The van der Waals surface area contributed by atoms with Crippen molar-refractivity contribution in [2.75, 3.05) is 45.1 Å². The number of hydrogen-bond donors (Lipinski definition) is 1. The van der Waals surface area contributed by atoms with Crippen molar-refractivity contribution in [3.63, 3.8) is 0 Å². The molecule has 1 heterocycles. The maximum absolute atomic E-state index is 13.6. The predicted octanol–water partition coefficient (Wildman–Crippen LogP) is 4.98. The summed E-state index contributed by atoms with van der Waals surface area (Å²) in [5.74, 6) is 0.337. The molecule has 4 rings (SSSR count). The standard InChI is InChI=1S/C31H39N3O5S/c1-6-34-19-22(2)30(38-5)20-33(4)31(35)28-18-26(14-17-29(28)39-21-23(34)3)32-40(36,37)27-15-12-25(13-16-27)24-10-8-7-9-11-24/h7-18,22-23,30,32H,6,19-21H2,1-5H3/t22-,23-,30-/m1/s1. The van der Waals surface area contributed by atoms with Crippen LogP contribution in [-0.2, 0) is 14.8 Å². The van der Waals surface area contributed by atoms with Gasteiger partial charge in [0.05, 0.1) is 16.6 Å². The Bertz CT molecular complexity index is 1400. The van der Waals surface area contributed by atoms with E-state index in [1.807, 2.05) is 30.3 Å². The Kier molecular flexibility index (Phi) is 9.50. The van der Waals surface area contributed by atoms with E-state index in [1.54, 1.807) is 61.5 Å². The van der Waals surface area contributed by atoms with Crippen LogP contribution in [0.5, 0.6) is 5.75 Å². The minimum atomic E-state index is -3.89. The van der Waals surface area contributed by atoms with E-state index in [0.717, 1.165) is 24.2 Å². The van der Waals surface area contributed by atoms with Gasteiger partial charge in [0.2, 0.25) is 0 Å². The molecule has 8 nitrogen and oxygen atoms in total. The molecule has 40 heavy (non-hydrogen) atoms. The van der Waals surface area contributed by atoms with E-state index in [0.29, 0.717) is 24.5 Å². The van der Waals surface area contributed by atoms with Crippen LogP contribution in [-0.4, -0.2) is 76.7 Å². The topological polar surface area (TPSA) is 88.2 Å². The Hall–Kier alpha value is -3.40. The molecule has 0 bridgehead atoms. The van der Waals surface area contributed by atoms with Gasteiger partial charge >= 0.3 is 0 Å². The molecule has 0 spiro atoms. The second-order valence-electron chi connectivity index (χ2n) is 10.4. The lowest BCUT2D eigenvalue weighted by atomic mass is 10.0. The molecule has 1 N–H and O–H groups in total. The Morgan fingerprint density at radius 3 is 2.30 bits per heavy atom. The number of benzene rings is 3. The summed E-state index contributed by atoms with van der Waals surface area (Å²) in [6, 6.07) is 21.4. The van der Waals surface area contributed by atoms with Crippen molar-refractivity contribution < 1.29 is 22.7 Å². The van der Waals surface area contributed by atoms with E-state index < -0.39 is 10.0 Å². The van der Waals surface area contributed by atoms with Crippen molar-refractivity contribution in [3.8, 4) is 16.9 Å². The number of nitrogens with zero attached hydrogens (tertiary/aromatic N) is 2. The van der Waals surface area contributed by atoms with Crippen molar-refractivity contribution in [1.82, 2.24) is 9.80 Å². The van der Waals surface area contributed by atoms with Crippen molar-refractivity contribution in [2.45, 2.75) is 37.8 Å². The molecule has 0 aliphatic carbocycles. The molecule has 214 valence electrons. The number of carbonyl (C=O) groups is 1. The van der Waals surface area contributed by atoms with Gasteiger partial charge in [0, 0.05) is 39.0 Å². The first kappa shape index (κ1) is 29.6. The zero-order valence-electron chi connectivity index (χ0n) is 23.8. The van der Waals surface area contributed by atoms with E-state index in [9.17, 15) is 13.2 Å². The lowest BCUT2D eigenvalue weighted by Gasteiger charge is -2.35. The number of ether oxygens (including phenoxy) is 2. The number of nitrogens with one attached hydrogen (secondary N) is 1. The van der Waals surface area contributed by atoms with Crippen LogP contribution in [0.1, 0.15) is 31.1 Å². The number of hydrogen-bond acceptors (Lipinski definition) is 6. The molecule has 1 aliphatic heterocycles. The Labute approximate surface area is 238 Å². The van der Waals surface area contributed by atoms with Gasteiger partial charge in [-0.3, -0.25) is 14.4 Å². The fraction of sp³-hybridized carbons (Fsp3) is 0.387. The maximum atomic E-state index is 13.6. The molecule has 9 heteroatoms. The highest BCUT2D eigenvalue weighted by atomic mass is 32.2. The third kappa shape index (κ3) is 6.83. The first-order valence-electron chi connectivity index (χ1n) is 13.6. The summed E-state index contributed by atoms with van der Waals surface area (Å²) in [5.41, 5.74) is 2.50. The number of amides is 1. The van der Waals surface area contributed by atoms with Gasteiger partial charge in [0.15, 0.2) is 0 Å². The van der Waals surface area contributed by atoms with Crippen LogP contribution in [0.2, 0.25) is 0 Å². The summed E-state index contributed by atoms with van der Waals surface area (Å²) in [5, 5.41) is 0. The molecular formula is C31H39N3O5S. The van der Waals surface area contributed by atoms with E-state index in [1.165, 1.54) is 0 Å². The van der Waals surface area contributed by atoms with Gasteiger partial charge in [-0.05, 0) is 60.8 Å². The van der Waals surface area contributed by atoms with Gasteiger partial charge in [0.1, 0.15) is 12.4 Å². The monoisotopic (exact) mass is 565 g/mol. The van der Waals surface area contributed by atoms with Crippen LogP contribution in [0.25, 0.3) is 11.1 Å². The number of rotatable bonds is 6. The van der Waals surface area contributed by atoms with Crippen LogP contribution in [0.3, 0.4) is 0 Å². The molecule has 0 saturated carbocycles. The van der Waals surface area contributed by atoms with Gasteiger partial charge in [-0.2, -0.15) is 0 Å². The van der Waals surface area contributed by atoms with Crippen LogP contribution >= 0.6 is 0 Å². The van der Waals surface area contributed by atoms with Crippen LogP contribution in [0, 0.1) is 5.92 Å². The van der Waals surface area contributed by atoms with Gasteiger partial charge < -0.3 is 14.4 Å². The highest BCUT2D eigenvalue weighted by Crippen LogP contribution is 2.28. The summed E-state index contributed by atoms with van der Waals surface area (Å²) in [4.78, 5) is 17.7. The van der Waals surface area contributed by atoms with Crippen molar-refractivity contribution in [2.24, 2.45) is 5.92 Å². The number of sulfonamides is 1. The van der Waals surface area contributed by atoms with Gasteiger partial charge in [-0.15, -0.1) is 0 Å². The van der Waals surface area contributed by atoms with Crippen LogP contribution < -0.4 is 9.46 Å². The van der Waals surface area contributed by atoms with Crippen molar-refractivity contribution in [3.05, 3.63) is 78.4 Å². The SMILES string of the molecule is CCN1C[C@@H](C)[C@H](OC)CN(C)C(=O)c2cc(NS(=O)(=O)c3ccc(-c4ccccc4)cc3)ccc2OC[C@H]1C. The molecule has 3 aromatic rings. The molecule has 3 aromatic carbocycles. The third-order valence-electron chi connectivity index (χ3n) is 7.50. The average Bonchev–Trinajstić information content (AvgIpc) is 2.97. The molecule has 1 amide bonds. The second kappa shape index (κ2) is 12.8. The van der Waals surface area contributed by atoms with Crippen LogP contribution in [0.15, 0.2) is 77.7 Å².